The summed E-state index contributed by atoms with van der Waals surface area (Å²) in [7, 11) is 0. The predicted molar refractivity (Wildman–Crippen MR) is 60.2 cm³/mol. The van der Waals surface area contributed by atoms with E-state index in [1.807, 2.05) is 0 Å². The van der Waals surface area contributed by atoms with Crippen molar-refractivity contribution in [2.75, 3.05) is 0 Å². The third-order valence-corrected chi connectivity index (χ3v) is 2.16. The molecule has 0 aliphatic carbocycles. The maximum atomic E-state index is 13.5. The van der Waals surface area contributed by atoms with Gasteiger partial charge in [-0.25, -0.2) is 14.4 Å². The molecule has 0 aliphatic rings. The average Bonchev–Trinajstić information content (AvgIpc) is 2.31. The highest BCUT2D eigenvalue weighted by atomic mass is 35.5. The Morgan fingerprint density at radius 1 is 1.33 bits per heavy atom. The third kappa shape index (κ3) is 2.69. The van der Waals surface area contributed by atoms with Crippen LogP contribution in [0.4, 0.5) is 10.1 Å². The largest absolute Gasteiger partial charge is 0.436 e. The summed E-state index contributed by atoms with van der Waals surface area (Å²) in [4.78, 5) is 17.1. The zero-order valence-electron chi connectivity index (χ0n) is 8.71. The van der Waals surface area contributed by atoms with Crippen LogP contribution in [0.2, 0.25) is 5.15 Å². The summed E-state index contributed by atoms with van der Waals surface area (Å²) < 4.78 is 18.6. The maximum absolute atomic E-state index is 13.5. The van der Waals surface area contributed by atoms with Gasteiger partial charge in [-0.2, -0.15) is 0 Å². The van der Waals surface area contributed by atoms with E-state index in [1.165, 1.54) is 6.07 Å². The summed E-state index contributed by atoms with van der Waals surface area (Å²) in [5.41, 5.74) is -0.361. The number of non-ortho nitro benzene ring substituents is 1. The average molecular weight is 270 g/mol. The minimum atomic E-state index is -0.862. The summed E-state index contributed by atoms with van der Waals surface area (Å²) in [6.07, 6.45) is 1.15. The lowest BCUT2D eigenvalue weighted by Gasteiger charge is -2.05. The van der Waals surface area contributed by atoms with E-state index in [-0.39, 0.29) is 22.5 Å². The van der Waals surface area contributed by atoms with E-state index in [2.05, 4.69) is 9.97 Å². The van der Waals surface area contributed by atoms with Gasteiger partial charge in [-0.1, -0.05) is 11.6 Å². The summed E-state index contributed by atoms with van der Waals surface area (Å²) in [6, 6.07) is 4.32. The summed E-state index contributed by atoms with van der Waals surface area (Å²) >= 11 is 5.60. The van der Waals surface area contributed by atoms with Crippen LogP contribution in [-0.4, -0.2) is 14.9 Å². The van der Waals surface area contributed by atoms with Crippen molar-refractivity contribution in [3.63, 3.8) is 0 Å². The minimum absolute atomic E-state index is 0.0442. The number of hydrogen-bond acceptors (Lipinski definition) is 5. The van der Waals surface area contributed by atoms with Crippen LogP contribution in [0, 0.1) is 15.9 Å². The third-order valence-electron chi connectivity index (χ3n) is 1.95. The minimum Gasteiger partial charge on any atom is -0.436 e. The van der Waals surface area contributed by atoms with Crippen molar-refractivity contribution in [1.82, 2.24) is 9.97 Å². The molecule has 0 unspecified atom stereocenters. The van der Waals surface area contributed by atoms with Crippen LogP contribution in [0.3, 0.4) is 0 Å². The van der Waals surface area contributed by atoms with Crippen LogP contribution in [0.5, 0.6) is 11.6 Å². The van der Waals surface area contributed by atoms with Crippen LogP contribution in [0.1, 0.15) is 0 Å². The predicted octanol–water partition coefficient (Wildman–Crippen LogP) is 2.97. The molecule has 0 saturated heterocycles. The fourth-order valence-corrected chi connectivity index (χ4v) is 1.31. The topological polar surface area (TPSA) is 78.2 Å². The van der Waals surface area contributed by atoms with Gasteiger partial charge in [0.25, 0.3) is 5.69 Å². The Morgan fingerprint density at radius 2 is 2.11 bits per heavy atom. The van der Waals surface area contributed by atoms with Crippen molar-refractivity contribution in [2.45, 2.75) is 0 Å². The number of rotatable bonds is 3. The molecule has 1 heterocycles. The van der Waals surface area contributed by atoms with Crippen LogP contribution in [0.15, 0.2) is 30.6 Å². The van der Waals surface area contributed by atoms with E-state index in [0.717, 1.165) is 24.5 Å². The number of nitro benzene ring substituents is 1. The molecule has 6 nitrogen and oxygen atoms in total. The summed E-state index contributed by atoms with van der Waals surface area (Å²) in [5.74, 6) is -1.00. The van der Waals surface area contributed by atoms with Gasteiger partial charge in [0.15, 0.2) is 11.6 Å². The Kier molecular flexibility index (Phi) is 3.33. The molecule has 0 amide bonds. The molecular weight excluding hydrogens is 265 g/mol. The van der Waals surface area contributed by atoms with Crippen molar-refractivity contribution in [2.24, 2.45) is 0 Å². The van der Waals surface area contributed by atoms with E-state index in [9.17, 15) is 14.5 Å². The Bertz CT molecular complexity index is 609. The number of nitro groups is 1. The van der Waals surface area contributed by atoms with Gasteiger partial charge in [-0.05, 0) is 6.07 Å². The second-order valence-corrected chi connectivity index (χ2v) is 3.54. The van der Waals surface area contributed by atoms with Crippen LogP contribution < -0.4 is 4.74 Å². The first-order valence-corrected chi connectivity index (χ1v) is 5.03. The lowest BCUT2D eigenvalue weighted by Crippen LogP contribution is -1.94. The molecule has 0 atom stereocenters. The second kappa shape index (κ2) is 4.92. The fourth-order valence-electron chi connectivity index (χ4n) is 1.17. The number of hydrogen-bond donors (Lipinski definition) is 0. The molecule has 0 fully saturated rings. The molecule has 0 spiro atoms. The highest BCUT2D eigenvalue weighted by Crippen LogP contribution is 2.26. The Morgan fingerprint density at radius 3 is 2.72 bits per heavy atom. The normalized spacial score (nSPS) is 10.1. The van der Waals surface area contributed by atoms with Crippen molar-refractivity contribution in [1.29, 1.82) is 0 Å². The molecule has 2 rings (SSSR count). The zero-order valence-corrected chi connectivity index (χ0v) is 9.46. The standard InChI is InChI=1S/C10H5ClFN3O3/c11-9-4-10(14-5-13-9)18-8-2-1-6(15(16)17)3-7(8)12/h1-5H. The van der Waals surface area contributed by atoms with Crippen molar-refractivity contribution < 1.29 is 14.1 Å². The highest BCUT2D eigenvalue weighted by molar-refractivity contribution is 6.29. The van der Waals surface area contributed by atoms with E-state index < -0.39 is 10.7 Å². The molecule has 1 aromatic carbocycles. The van der Waals surface area contributed by atoms with Gasteiger partial charge >= 0.3 is 0 Å². The molecular formula is C10H5ClFN3O3. The number of benzene rings is 1. The number of halogens is 2. The van der Waals surface area contributed by atoms with Crippen LogP contribution in [0.25, 0.3) is 0 Å². The number of ether oxygens (including phenoxy) is 1. The molecule has 0 N–H and O–H groups in total. The van der Waals surface area contributed by atoms with Crippen molar-refractivity contribution in [3.8, 4) is 11.6 Å². The second-order valence-electron chi connectivity index (χ2n) is 3.15. The van der Waals surface area contributed by atoms with Gasteiger partial charge in [0.05, 0.1) is 11.0 Å². The zero-order chi connectivity index (χ0) is 13.1. The van der Waals surface area contributed by atoms with Gasteiger partial charge in [-0.15, -0.1) is 0 Å². The molecule has 18 heavy (non-hydrogen) atoms. The van der Waals surface area contributed by atoms with Crippen LogP contribution >= 0.6 is 11.6 Å². The van der Waals surface area contributed by atoms with E-state index in [0.29, 0.717) is 0 Å². The van der Waals surface area contributed by atoms with E-state index in [1.54, 1.807) is 0 Å². The molecule has 0 aliphatic heterocycles. The first kappa shape index (κ1) is 12.2. The van der Waals surface area contributed by atoms with Crippen molar-refractivity contribution in [3.05, 3.63) is 51.7 Å². The maximum Gasteiger partial charge on any atom is 0.272 e. The first-order chi connectivity index (χ1) is 8.56. The molecule has 2 aromatic rings. The number of aromatic nitrogens is 2. The molecule has 8 heteroatoms. The van der Waals surface area contributed by atoms with E-state index in [4.69, 9.17) is 16.3 Å². The monoisotopic (exact) mass is 269 g/mol. The summed E-state index contributed by atoms with van der Waals surface area (Å²) in [5, 5.41) is 10.6. The van der Waals surface area contributed by atoms with Gasteiger partial charge in [0, 0.05) is 12.1 Å². The van der Waals surface area contributed by atoms with Crippen molar-refractivity contribution >= 4 is 17.3 Å². The first-order valence-electron chi connectivity index (χ1n) is 4.65. The molecule has 1 aromatic heterocycles. The van der Waals surface area contributed by atoms with Crippen LogP contribution in [-0.2, 0) is 0 Å². The van der Waals surface area contributed by atoms with Gasteiger partial charge in [-0.3, -0.25) is 10.1 Å². The lowest BCUT2D eigenvalue weighted by atomic mass is 10.3. The Balaban J connectivity index is 2.27. The van der Waals surface area contributed by atoms with Gasteiger partial charge in [0.1, 0.15) is 11.5 Å². The smallest absolute Gasteiger partial charge is 0.272 e. The van der Waals surface area contributed by atoms with Gasteiger partial charge < -0.3 is 4.74 Å². The highest BCUT2D eigenvalue weighted by Gasteiger charge is 2.12. The SMILES string of the molecule is O=[N+]([O-])c1ccc(Oc2cc(Cl)ncn2)c(F)c1. The fraction of sp³-hybridized carbons (Fsp3) is 0. The summed E-state index contributed by atoms with van der Waals surface area (Å²) in [6.45, 7) is 0. The quantitative estimate of drug-likeness (QED) is 0.486. The van der Waals surface area contributed by atoms with Gasteiger partial charge in [0.2, 0.25) is 5.88 Å². The molecule has 0 radical (unpaired) electrons. The Hall–Kier alpha value is -2.28. The Labute approximate surface area is 105 Å². The molecule has 0 saturated carbocycles. The molecule has 92 valence electrons. The molecule has 0 bridgehead atoms. The lowest BCUT2D eigenvalue weighted by molar-refractivity contribution is -0.385. The van der Waals surface area contributed by atoms with E-state index >= 15 is 0 Å². The number of nitrogens with zero attached hydrogens (tertiary/aromatic N) is 3.